The normalized spacial score (nSPS) is 9.44. The summed E-state index contributed by atoms with van der Waals surface area (Å²) in [6, 6.07) is 1.55. The van der Waals surface area contributed by atoms with Gasteiger partial charge in [-0.3, -0.25) is 0 Å². The number of anilines is 4. The van der Waals surface area contributed by atoms with Crippen molar-refractivity contribution < 1.29 is 39.0 Å². The molecule has 172 valence electrons. The summed E-state index contributed by atoms with van der Waals surface area (Å²) in [6.45, 7) is 9.01. The molecule has 15 nitrogen and oxygen atoms in total. The SMILES string of the molecule is CC(C)COc1cc(N)nc(N)n1.CC(C)COc1nc(N)nc(N)c1N=O.O=N[O-].[Na+]. The Balaban J connectivity index is 0. The Bertz CT molecular complexity index is 821. The van der Waals surface area contributed by atoms with Crippen molar-refractivity contribution in [1.29, 1.82) is 0 Å². The fourth-order valence-corrected chi connectivity index (χ4v) is 1.69. The minimum atomic E-state index is -0.107. The maximum atomic E-state index is 10.5. The minimum absolute atomic E-state index is 0. The van der Waals surface area contributed by atoms with Gasteiger partial charge in [-0.25, -0.2) is 0 Å². The molecule has 0 aliphatic rings. The van der Waals surface area contributed by atoms with Gasteiger partial charge in [0.1, 0.15) is 5.82 Å². The van der Waals surface area contributed by atoms with Gasteiger partial charge >= 0.3 is 29.6 Å². The Morgan fingerprint density at radius 2 is 1.41 bits per heavy atom. The first-order valence-corrected chi connectivity index (χ1v) is 8.90. The second kappa shape index (κ2) is 16.6. The standard InChI is InChI=1S/C8H13N5O2.C8H14N4O.HNO2.Na/c1-4(2)3-15-7-5(13-14)6(9)11-8(10)12-7;1-5(2)4-13-7-3-6(9)11-8(10)12-7;2-1-3;/h4H,3H2,1-2H3,(H4,9,10,11,12);3,5H,4H2,1-2H3,(H4,9,10,11,12);(H,2,3);/q;;;+1/p-1. The number of nitroso groups, excluding NO2 is 1. The zero-order valence-corrected chi connectivity index (χ0v) is 20.7. The average Bonchev–Trinajstić information content (AvgIpc) is 2.65. The molecule has 0 amide bonds. The molecule has 0 aliphatic heterocycles. The van der Waals surface area contributed by atoms with E-state index in [0.29, 0.717) is 36.7 Å². The van der Waals surface area contributed by atoms with Crippen molar-refractivity contribution in [3.8, 4) is 11.8 Å². The molecule has 0 atom stereocenters. The third-order valence-corrected chi connectivity index (χ3v) is 2.85. The zero-order chi connectivity index (χ0) is 24.0. The van der Waals surface area contributed by atoms with Gasteiger partial charge in [0.15, 0.2) is 5.82 Å². The monoisotopic (exact) mass is 462 g/mol. The number of hydrogen-bond acceptors (Lipinski definition) is 15. The van der Waals surface area contributed by atoms with Crippen molar-refractivity contribution in [2.45, 2.75) is 27.7 Å². The molecule has 0 fully saturated rings. The van der Waals surface area contributed by atoms with E-state index in [4.69, 9.17) is 42.5 Å². The molecular formula is C16H27N10NaO5. The smallest absolute Gasteiger partial charge is 0.477 e. The van der Waals surface area contributed by atoms with Crippen LogP contribution in [-0.2, 0) is 0 Å². The summed E-state index contributed by atoms with van der Waals surface area (Å²) in [6.07, 6.45) is 0. The molecule has 0 aliphatic carbocycles. The predicted octanol–water partition coefficient (Wildman–Crippen LogP) is -0.996. The maximum absolute atomic E-state index is 10.5. The molecule has 32 heavy (non-hydrogen) atoms. The summed E-state index contributed by atoms with van der Waals surface area (Å²) >= 11 is 0. The van der Waals surface area contributed by atoms with E-state index in [-0.39, 0.29) is 58.8 Å². The summed E-state index contributed by atoms with van der Waals surface area (Å²) in [7, 11) is 0. The Kier molecular flexibility index (Phi) is 16.2. The van der Waals surface area contributed by atoms with Crippen LogP contribution in [0.4, 0.5) is 29.2 Å². The van der Waals surface area contributed by atoms with Crippen LogP contribution in [0.1, 0.15) is 27.7 Å². The molecular weight excluding hydrogens is 435 g/mol. The summed E-state index contributed by atoms with van der Waals surface area (Å²) in [5.74, 6) is 1.54. The molecule has 2 heterocycles. The van der Waals surface area contributed by atoms with E-state index in [0.717, 1.165) is 5.34 Å². The number of rotatable bonds is 7. The fraction of sp³-hybridized carbons (Fsp3) is 0.500. The Morgan fingerprint density at radius 3 is 1.88 bits per heavy atom. The molecule has 0 saturated carbocycles. The van der Waals surface area contributed by atoms with Crippen LogP contribution in [0.5, 0.6) is 11.8 Å². The van der Waals surface area contributed by atoms with E-state index in [1.54, 1.807) is 6.07 Å². The predicted molar refractivity (Wildman–Crippen MR) is 117 cm³/mol. The molecule has 8 N–H and O–H groups in total. The fourth-order valence-electron chi connectivity index (χ4n) is 1.69. The van der Waals surface area contributed by atoms with Crippen molar-refractivity contribution in [3.05, 3.63) is 21.1 Å². The van der Waals surface area contributed by atoms with Gasteiger partial charge in [0.25, 0.3) is 5.88 Å². The van der Waals surface area contributed by atoms with E-state index in [9.17, 15) is 4.91 Å². The van der Waals surface area contributed by atoms with Crippen LogP contribution in [0.15, 0.2) is 16.6 Å². The maximum Gasteiger partial charge on any atom is 1.00 e. The first-order valence-electron chi connectivity index (χ1n) is 8.90. The number of ether oxygens (including phenoxy) is 2. The van der Waals surface area contributed by atoms with E-state index in [1.807, 2.05) is 27.7 Å². The molecule has 0 saturated heterocycles. The zero-order valence-electron chi connectivity index (χ0n) is 18.7. The second-order valence-corrected chi connectivity index (χ2v) is 6.69. The number of nitrogens with two attached hydrogens (primary N) is 4. The molecule has 0 unspecified atom stereocenters. The summed E-state index contributed by atoms with van der Waals surface area (Å²) in [4.78, 5) is 33.4. The van der Waals surface area contributed by atoms with E-state index in [1.165, 1.54) is 0 Å². The first-order chi connectivity index (χ1) is 14.5. The molecule has 0 spiro atoms. The van der Waals surface area contributed by atoms with Gasteiger partial charge in [0.05, 0.1) is 13.2 Å². The molecule has 0 radical (unpaired) electrons. The van der Waals surface area contributed by atoms with Gasteiger partial charge in [-0.15, -0.1) is 10.2 Å². The Labute approximate surface area is 206 Å². The largest absolute Gasteiger partial charge is 1.00 e. The average molecular weight is 462 g/mol. The first kappa shape index (κ1) is 31.1. The third kappa shape index (κ3) is 13.3. The number of nitrogen functional groups attached to an aromatic ring is 4. The van der Waals surface area contributed by atoms with Gasteiger partial charge in [-0.05, 0) is 17.0 Å². The van der Waals surface area contributed by atoms with Gasteiger partial charge in [0.2, 0.25) is 23.5 Å². The summed E-state index contributed by atoms with van der Waals surface area (Å²) in [5, 5.41) is 11.7. The van der Waals surface area contributed by atoms with Crippen LogP contribution in [0.3, 0.4) is 0 Å². The van der Waals surface area contributed by atoms with Crippen LogP contribution >= 0.6 is 0 Å². The van der Waals surface area contributed by atoms with E-state index < -0.39 is 0 Å². The molecule has 2 aromatic heterocycles. The van der Waals surface area contributed by atoms with Crippen molar-refractivity contribution in [3.63, 3.8) is 0 Å². The number of hydrogen-bond donors (Lipinski definition) is 4. The molecule has 2 aromatic rings. The molecule has 0 aromatic carbocycles. The van der Waals surface area contributed by atoms with Gasteiger partial charge < -0.3 is 42.5 Å². The second-order valence-electron chi connectivity index (χ2n) is 6.69. The van der Waals surface area contributed by atoms with Gasteiger partial charge in [0, 0.05) is 6.07 Å². The Hall–Kier alpha value is -3.04. The van der Waals surface area contributed by atoms with Gasteiger partial charge in [-0.1, -0.05) is 27.7 Å². The molecule has 0 bridgehead atoms. The topological polar surface area (TPSA) is 256 Å². The quantitative estimate of drug-likeness (QED) is 0.219. The van der Waals surface area contributed by atoms with Crippen LogP contribution in [0.25, 0.3) is 0 Å². The van der Waals surface area contributed by atoms with E-state index >= 15 is 0 Å². The molecule has 2 rings (SSSR count). The van der Waals surface area contributed by atoms with Crippen LogP contribution in [0.2, 0.25) is 0 Å². The third-order valence-electron chi connectivity index (χ3n) is 2.85. The van der Waals surface area contributed by atoms with Crippen LogP contribution < -0.4 is 62.0 Å². The van der Waals surface area contributed by atoms with Gasteiger partial charge in [-0.2, -0.15) is 19.9 Å². The summed E-state index contributed by atoms with van der Waals surface area (Å²) in [5.41, 5.74) is 21.5. The van der Waals surface area contributed by atoms with Crippen LogP contribution in [0, 0.1) is 26.9 Å². The minimum Gasteiger partial charge on any atom is -0.477 e. The number of aromatic nitrogens is 4. The van der Waals surface area contributed by atoms with Crippen molar-refractivity contribution in [1.82, 2.24) is 19.9 Å². The molecule has 16 heteroatoms. The Morgan fingerprint density at radius 1 is 0.906 bits per heavy atom. The van der Waals surface area contributed by atoms with Crippen molar-refractivity contribution in [2.75, 3.05) is 36.1 Å². The van der Waals surface area contributed by atoms with Crippen molar-refractivity contribution >= 4 is 29.2 Å². The van der Waals surface area contributed by atoms with Crippen molar-refractivity contribution in [2.24, 2.45) is 22.4 Å². The van der Waals surface area contributed by atoms with Crippen LogP contribution in [-0.4, -0.2) is 33.1 Å². The summed E-state index contributed by atoms with van der Waals surface area (Å²) < 4.78 is 10.6. The van der Waals surface area contributed by atoms with E-state index in [2.05, 4.69) is 25.1 Å². The number of nitrogens with zero attached hydrogens (tertiary/aromatic N) is 6.